The minimum absolute atomic E-state index is 0.157. The van der Waals surface area contributed by atoms with Crippen LogP contribution in [0.15, 0.2) is 0 Å². The zero-order chi connectivity index (χ0) is 12.8. The summed E-state index contributed by atoms with van der Waals surface area (Å²) in [4.78, 5) is 12.7. The van der Waals surface area contributed by atoms with E-state index in [9.17, 15) is 4.79 Å². The fraction of sp³-hybridized carbons (Fsp3) is 0.917. The number of carbonyl (C=O) groups is 1. The molecule has 0 bridgehead atoms. The normalized spacial score (nSPS) is 14.1. The molecule has 16 heavy (non-hydrogen) atoms. The number of carboxylic acids is 1. The number of rotatable bonds is 8. The molecule has 0 fully saturated rings. The smallest absolute Gasteiger partial charge is 0.304 e. The summed E-state index contributed by atoms with van der Waals surface area (Å²) in [7, 11) is 1.71. The summed E-state index contributed by atoms with van der Waals surface area (Å²) in [6.07, 6.45) is 1.10. The van der Waals surface area contributed by atoms with Crippen LogP contribution in [-0.4, -0.2) is 47.8 Å². The van der Waals surface area contributed by atoms with Crippen molar-refractivity contribution in [2.45, 2.75) is 52.2 Å². The molecule has 1 atom stereocenters. The summed E-state index contributed by atoms with van der Waals surface area (Å²) in [5, 5.41) is 8.67. The second-order valence-corrected chi connectivity index (χ2v) is 4.79. The van der Waals surface area contributed by atoms with Gasteiger partial charge in [0.05, 0.1) is 12.0 Å². The minimum atomic E-state index is -0.739. The van der Waals surface area contributed by atoms with Crippen LogP contribution in [0.1, 0.15) is 40.5 Å². The van der Waals surface area contributed by atoms with Crippen molar-refractivity contribution in [1.82, 2.24) is 4.90 Å². The molecule has 0 aliphatic carbocycles. The molecular weight excluding hydrogens is 206 g/mol. The lowest BCUT2D eigenvalue weighted by atomic mass is 9.98. The molecule has 0 aliphatic rings. The van der Waals surface area contributed by atoms with Gasteiger partial charge >= 0.3 is 5.97 Å². The number of ether oxygens (including phenoxy) is 1. The molecule has 0 aromatic rings. The molecule has 0 heterocycles. The van der Waals surface area contributed by atoms with Gasteiger partial charge in [-0.1, -0.05) is 6.92 Å². The molecule has 1 N–H and O–H groups in total. The molecule has 0 saturated carbocycles. The van der Waals surface area contributed by atoms with Crippen LogP contribution in [0.25, 0.3) is 0 Å². The molecule has 0 rings (SSSR count). The molecule has 96 valence electrons. The molecule has 1 unspecified atom stereocenters. The van der Waals surface area contributed by atoms with Crippen molar-refractivity contribution in [2.24, 2.45) is 0 Å². The number of nitrogens with zero attached hydrogens (tertiary/aromatic N) is 1. The van der Waals surface area contributed by atoms with Crippen LogP contribution in [-0.2, 0) is 9.53 Å². The van der Waals surface area contributed by atoms with Gasteiger partial charge in [0.1, 0.15) is 0 Å². The van der Waals surface area contributed by atoms with E-state index in [1.807, 2.05) is 0 Å². The highest BCUT2D eigenvalue weighted by molar-refractivity contribution is 5.66. The van der Waals surface area contributed by atoms with Gasteiger partial charge in [0.15, 0.2) is 0 Å². The van der Waals surface area contributed by atoms with E-state index in [0.29, 0.717) is 12.6 Å². The molecule has 4 heteroatoms. The van der Waals surface area contributed by atoms with E-state index in [2.05, 4.69) is 32.6 Å². The number of hydrogen-bond acceptors (Lipinski definition) is 3. The van der Waals surface area contributed by atoms with Gasteiger partial charge in [-0.3, -0.25) is 4.79 Å². The van der Waals surface area contributed by atoms with Crippen molar-refractivity contribution < 1.29 is 14.6 Å². The summed E-state index contributed by atoms with van der Waals surface area (Å²) in [6, 6.07) is 0.333. The SMILES string of the molecule is CCN(CCC(=O)O)C(C)CC(C)(C)OC. The van der Waals surface area contributed by atoms with Gasteiger partial charge in [-0.15, -0.1) is 0 Å². The van der Waals surface area contributed by atoms with Crippen LogP contribution >= 0.6 is 0 Å². The third kappa shape index (κ3) is 6.08. The Morgan fingerprint density at radius 2 is 2.06 bits per heavy atom. The monoisotopic (exact) mass is 231 g/mol. The topological polar surface area (TPSA) is 49.8 Å². The number of hydrogen-bond donors (Lipinski definition) is 1. The van der Waals surface area contributed by atoms with Crippen LogP contribution in [0.2, 0.25) is 0 Å². The zero-order valence-corrected chi connectivity index (χ0v) is 11.1. The van der Waals surface area contributed by atoms with E-state index < -0.39 is 5.97 Å². The Labute approximate surface area is 98.6 Å². The Morgan fingerprint density at radius 1 is 1.50 bits per heavy atom. The van der Waals surface area contributed by atoms with Gasteiger partial charge in [-0.25, -0.2) is 0 Å². The molecule has 0 aromatic heterocycles. The molecule has 0 saturated heterocycles. The first kappa shape index (κ1) is 15.4. The summed E-state index contributed by atoms with van der Waals surface area (Å²) >= 11 is 0. The lowest BCUT2D eigenvalue weighted by Gasteiger charge is -2.33. The third-order valence-corrected chi connectivity index (χ3v) is 2.98. The predicted octanol–water partition coefficient (Wildman–Crippen LogP) is 1.99. The van der Waals surface area contributed by atoms with Crippen molar-refractivity contribution >= 4 is 5.97 Å². The largest absolute Gasteiger partial charge is 0.481 e. The Kier molecular flexibility index (Phi) is 6.60. The maximum atomic E-state index is 10.5. The first-order valence-corrected chi connectivity index (χ1v) is 5.83. The Balaban J connectivity index is 4.19. The maximum absolute atomic E-state index is 10.5. The second-order valence-electron chi connectivity index (χ2n) is 4.79. The van der Waals surface area contributed by atoms with Crippen LogP contribution in [0.5, 0.6) is 0 Å². The van der Waals surface area contributed by atoms with E-state index in [1.165, 1.54) is 0 Å². The van der Waals surface area contributed by atoms with Crippen LogP contribution in [0, 0.1) is 0 Å². The minimum Gasteiger partial charge on any atom is -0.481 e. The lowest BCUT2D eigenvalue weighted by molar-refractivity contribution is -0.137. The number of methoxy groups -OCH3 is 1. The van der Waals surface area contributed by atoms with Crippen molar-refractivity contribution in [3.8, 4) is 0 Å². The van der Waals surface area contributed by atoms with Gasteiger partial charge in [0, 0.05) is 19.7 Å². The summed E-state index contributed by atoms with van der Waals surface area (Å²) in [5.74, 6) is -0.739. The fourth-order valence-electron chi connectivity index (χ4n) is 1.85. The lowest BCUT2D eigenvalue weighted by Crippen LogP contribution is -2.40. The van der Waals surface area contributed by atoms with E-state index >= 15 is 0 Å². The zero-order valence-electron chi connectivity index (χ0n) is 11.1. The molecule has 0 aliphatic heterocycles. The molecule has 4 nitrogen and oxygen atoms in total. The third-order valence-electron chi connectivity index (χ3n) is 2.98. The summed E-state index contributed by atoms with van der Waals surface area (Å²) < 4.78 is 5.39. The maximum Gasteiger partial charge on any atom is 0.304 e. The average molecular weight is 231 g/mol. The van der Waals surface area contributed by atoms with Gasteiger partial charge in [0.25, 0.3) is 0 Å². The molecule has 0 amide bonds. The van der Waals surface area contributed by atoms with Crippen LogP contribution in [0.3, 0.4) is 0 Å². The van der Waals surface area contributed by atoms with Crippen LogP contribution < -0.4 is 0 Å². The summed E-state index contributed by atoms with van der Waals surface area (Å²) in [5.41, 5.74) is -0.157. The highest BCUT2D eigenvalue weighted by Gasteiger charge is 2.23. The molecule has 0 spiro atoms. The first-order valence-electron chi connectivity index (χ1n) is 5.83. The van der Waals surface area contributed by atoms with Crippen molar-refractivity contribution in [3.05, 3.63) is 0 Å². The number of carboxylic acid groups (broad SMARTS) is 1. The Morgan fingerprint density at radius 3 is 2.44 bits per heavy atom. The Hall–Kier alpha value is -0.610. The van der Waals surface area contributed by atoms with Crippen LogP contribution in [0.4, 0.5) is 0 Å². The summed E-state index contributed by atoms with van der Waals surface area (Å²) in [6.45, 7) is 9.74. The van der Waals surface area contributed by atoms with Crippen molar-refractivity contribution in [3.63, 3.8) is 0 Å². The highest BCUT2D eigenvalue weighted by Crippen LogP contribution is 2.18. The van der Waals surface area contributed by atoms with E-state index in [0.717, 1.165) is 13.0 Å². The predicted molar refractivity (Wildman–Crippen MR) is 64.7 cm³/mol. The fourth-order valence-corrected chi connectivity index (χ4v) is 1.85. The van der Waals surface area contributed by atoms with Gasteiger partial charge < -0.3 is 14.7 Å². The molecular formula is C12H25NO3. The van der Waals surface area contributed by atoms with Crippen molar-refractivity contribution in [1.29, 1.82) is 0 Å². The molecule has 0 aromatic carbocycles. The molecule has 0 radical (unpaired) electrons. The van der Waals surface area contributed by atoms with Crippen molar-refractivity contribution in [2.75, 3.05) is 20.2 Å². The number of aliphatic carboxylic acids is 1. The first-order chi connectivity index (χ1) is 7.32. The van der Waals surface area contributed by atoms with Gasteiger partial charge in [-0.05, 0) is 33.7 Å². The average Bonchev–Trinajstić information content (AvgIpc) is 2.17. The standard InChI is InChI=1S/C12H25NO3/c1-6-13(8-7-11(14)15)10(2)9-12(3,4)16-5/h10H,6-9H2,1-5H3,(H,14,15). The van der Waals surface area contributed by atoms with E-state index in [4.69, 9.17) is 9.84 Å². The Bertz CT molecular complexity index is 216. The van der Waals surface area contributed by atoms with E-state index in [-0.39, 0.29) is 12.0 Å². The van der Waals surface area contributed by atoms with Gasteiger partial charge in [0.2, 0.25) is 0 Å². The van der Waals surface area contributed by atoms with Gasteiger partial charge in [-0.2, -0.15) is 0 Å². The highest BCUT2D eigenvalue weighted by atomic mass is 16.5. The van der Waals surface area contributed by atoms with E-state index in [1.54, 1.807) is 7.11 Å². The second kappa shape index (κ2) is 6.86. The quantitative estimate of drug-likeness (QED) is 0.694.